The van der Waals surface area contributed by atoms with Gasteiger partial charge in [0.2, 0.25) is 0 Å². The molecular formula is C12H14O4. The molecule has 86 valence electrons. The number of phenolic OH excluding ortho intramolecular Hbond substituents is 1. The SMILES string of the molecule is CC(C)(C)OC(=O)c1ccc(C=O)c(O)c1. The van der Waals surface area contributed by atoms with Gasteiger partial charge in [0.25, 0.3) is 0 Å². The van der Waals surface area contributed by atoms with Gasteiger partial charge in [-0.1, -0.05) is 0 Å². The molecule has 0 aliphatic heterocycles. The number of carbonyl (C=O) groups excluding carboxylic acids is 2. The van der Waals surface area contributed by atoms with Crippen LogP contribution in [0.1, 0.15) is 41.5 Å². The predicted molar refractivity (Wildman–Crippen MR) is 58.7 cm³/mol. The number of esters is 1. The van der Waals surface area contributed by atoms with Crippen molar-refractivity contribution < 1.29 is 19.4 Å². The minimum absolute atomic E-state index is 0.146. The average Bonchev–Trinajstić information content (AvgIpc) is 2.15. The van der Waals surface area contributed by atoms with Crippen molar-refractivity contribution >= 4 is 12.3 Å². The smallest absolute Gasteiger partial charge is 0.338 e. The first-order valence-electron chi connectivity index (χ1n) is 4.85. The molecule has 1 aromatic carbocycles. The van der Waals surface area contributed by atoms with Gasteiger partial charge in [-0.2, -0.15) is 0 Å². The molecule has 0 spiro atoms. The Kier molecular flexibility index (Phi) is 3.32. The van der Waals surface area contributed by atoms with Crippen molar-refractivity contribution in [3.63, 3.8) is 0 Å². The average molecular weight is 222 g/mol. The van der Waals surface area contributed by atoms with Gasteiger partial charge >= 0.3 is 5.97 Å². The van der Waals surface area contributed by atoms with Gasteiger partial charge in [0, 0.05) is 0 Å². The van der Waals surface area contributed by atoms with E-state index in [9.17, 15) is 14.7 Å². The lowest BCUT2D eigenvalue weighted by molar-refractivity contribution is 0.00689. The van der Waals surface area contributed by atoms with Crippen molar-refractivity contribution in [1.82, 2.24) is 0 Å². The normalized spacial score (nSPS) is 10.9. The highest BCUT2D eigenvalue weighted by atomic mass is 16.6. The molecule has 0 fully saturated rings. The molecule has 16 heavy (non-hydrogen) atoms. The molecular weight excluding hydrogens is 208 g/mol. The first-order valence-corrected chi connectivity index (χ1v) is 4.85. The summed E-state index contributed by atoms with van der Waals surface area (Å²) in [4.78, 5) is 22.1. The number of rotatable bonds is 2. The zero-order valence-electron chi connectivity index (χ0n) is 9.48. The third-order valence-corrected chi connectivity index (χ3v) is 1.79. The molecule has 4 nitrogen and oxygen atoms in total. The molecule has 1 rings (SSSR count). The Morgan fingerprint density at radius 2 is 2.00 bits per heavy atom. The van der Waals surface area contributed by atoms with Crippen molar-refractivity contribution in [3.8, 4) is 5.75 Å². The third kappa shape index (κ3) is 3.08. The van der Waals surface area contributed by atoms with Gasteiger partial charge < -0.3 is 9.84 Å². The van der Waals surface area contributed by atoms with E-state index in [1.54, 1.807) is 20.8 Å². The number of phenols is 1. The summed E-state index contributed by atoms with van der Waals surface area (Å²) < 4.78 is 5.11. The van der Waals surface area contributed by atoms with Gasteiger partial charge in [-0.3, -0.25) is 4.79 Å². The Balaban J connectivity index is 2.94. The van der Waals surface area contributed by atoms with E-state index in [1.807, 2.05) is 0 Å². The number of benzene rings is 1. The van der Waals surface area contributed by atoms with E-state index in [2.05, 4.69) is 0 Å². The van der Waals surface area contributed by atoms with Crippen LogP contribution in [0.15, 0.2) is 18.2 Å². The van der Waals surface area contributed by atoms with Gasteiger partial charge in [0.05, 0.1) is 11.1 Å². The van der Waals surface area contributed by atoms with Crippen LogP contribution in [0.2, 0.25) is 0 Å². The molecule has 0 bridgehead atoms. The second-order valence-corrected chi connectivity index (χ2v) is 4.39. The summed E-state index contributed by atoms with van der Waals surface area (Å²) in [6.07, 6.45) is 0.522. The molecule has 0 aromatic heterocycles. The number of aromatic hydroxyl groups is 1. The Bertz CT molecular complexity index is 416. The minimum Gasteiger partial charge on any atom is -0.507 e. The summed E-state index contributed by atoms with van der Waals surface area (Å²) in [5.41, 5.74) is -0.221. The molecule has 0 atom stereocenters. The van der Waals surface area contributed by atoms with Crippen LogP contribution in [0.3, 0.4) is 0 Å². The highest BCUT2D eigenvalue weighted by Gasteiger charge is 2.18. The molecule has 0 amide bonds. The molecule has 0 aliphatic carbocycles. The summed E-state index contributed by atoms with van der Waals surface area (Å²) >= 11 is 0. The number of aldehydes is 1. The van der Waals surface area contributed by atoms with Crippen molar-refractivity contribution in [2.75, 3.05) is 0 Å². The number of hydrogen-bond donors (Lipinski definition) is 1. The second kappa shape index (κ2) is 4.35. The third-order valence-electron chi connectivity index (χ3n) is 1.79. The highest BCUT2D eigenvalue weighted by molar-refractivity contribution is 5.92. The Labute approximate surface area is 93.9 Å². The Hall–Kier alpha value is -1.84. The van der Waals surface area contributed by atoms with Crippen LogP contribution in [-0.4, -0.2) is 23.0 Å². The second-order valence-electron chi connectivity index (χ2n) is 4.39. The van der Waals surface area contributed by atoms with Crippen molar-refractivity contribution in [1.29, 1.82) is 0 Å². The van der Waals surface area contributed by atoms with E-state index in [0.29, 0.717) is 6.29 Å². The lowest BCUT2D eigenvalue weighted by Crippen LogP contribution is -2.23. The zero-order chi connectivity index (χ0) is 12.3. The van der Waals surface area contributed by atoms with Crippen LogP contribution >= 0.6 is 0 Å². The zero-order valence-corrected chi connectivity index (χ0v) is 9.48. The van der Waals surface area contributed by atoms with Crippen LogP contribution in [0.4, 0.5) is 0 Å². The molecule has 1 aromatic rings. The summed E-state index contributed by atoms with van der Waals surface area (Å²) in [6, 6.07) is 4.04. The first kappa shape index (κ1) is 12.2. The first-order chi connectivity index (χ1) is 7.33. The van der Waals surface area contributed by atoms with E-state index < -0.39 is 11.6 Å². The number of ether oxygens (including phenoxy) is 1. The monoisotopic (exact) mass is 222 g/mol. The fourth-order valence-electron chi connectivity index (χ4n) is 1.11. The maximum Gasteiger partial charge on any atom is 0.338 e. The molecule has 0 aliphatic rings. The van der Waals surface area contributed by atoms with Crippen LogP contribution < -0.4 is 0 Å². The Morgan fingerprint density at radius 3 is 2.44 bits per heavy atom. The molecule has 4 heteroatoms. The van der Waals surface area contributed by atoms with E-state index in [-0.39, 0.29) is 16.9 Å². The highest BCUT2D eigenvalue weighted by Crippen LogP contribution is 2.19. The van der Waals surface area contributed by atoms with Crippen LogP contribution in [0.5, 0.6) is 5.75 Å². The standard InChI is InChI=1S/C12H14O4/c1-12(2,3)16-11(15)8-4-5-9(7-13)10(14)6-8/h4-7,14H,1-3H3. The summed E-state index contributed by atoms with van der Waals surface area (Å²) in [5.74, 6) is -0.751. The molecule has 0 unspecified atom stereocenters. The van der Waals surface area contributed by atoms with Gasteiger partial charge in [0.15, 0.2) is 6.29 Å². The molecule has 0 radical (unpaired) electrons. The number of carbonyl (C=O) groups is 2. The van der Waals surface area contributed by atoms with E-state index >= 15 is 0 Å². The summed E-state index contributed by atoms with van der Waals surface area (Å²) in [5, 5.41) is 9.40. The van der Waals surface area contributed by atoms with E-state index in [1.165, 1.54) is 18.2 Å². The van der Waals surface area contributed by atoms with E-state index in [0.717, 1.165) is 0 Å². The Morgan fingerprint density at radius 1 is 1.38 bits per heavy atom. The molecule has 1 N–H and O–H groups in total. The minimum atomic E-state index is -0.587. The van der Waals surface area contributed by atoms with Gasteiger partial charge in [-0.25, -0.2) is 4.79 Å². The van der Waals surface area contributed by atoms with Crippen molar-refractivity contribution in [3.05, 3.63) is 29.3 Å². The maximum atomic E-state index is 11.6. The molecule has 0 saturated carbocycles. The van der Waals surface area contributed by atoms with Crippen LogP contribution in [-0.2, 0) is 4.74 Å². The number of hydrogen-bond acceptors (Lipinski definition) is 4. The van der Waals surface area contributed by atoms with Crippen LogP contribution in [0, 0.1) is 0 Å². The van der Waals surface area contributed by atoms with Gasteiger partial charge in [0.1, 0.15) is 11.4 Å². The van der Waals surface area contributed by atoms with Crippen molar-refractivity contribution in [2.24, 2.45) is 0 Å². The maximum absolute atomic E-state index is 11.6. The van der Waals surface area contributed by atoms with Gasteiger partial charge in [-0.05, 0) is 39.0 Å². The van der Waals surface area contributed by atoms with Gasteiger partial charge in [-0.15, -0.1) is 0 Å². The van der Waals surface area contributed by atoms with Crippen LogP contribution in [0.25, 0.3) is 0 Å². The fraction of sp³-hybridized carbons (Fsp3) is 0.333. The molecule has 0 saturated heterocycles. The van der Waals surface area contributed by atoms with Crippen molar-refractivity contribution in [2.45, 2.75) is 26.4 Å². The largest absolute Gasteiger partial charge is 0.507 e. The summed E-state index contributed by atoms with van der Waals surface area (Å²) in [7, 11) is 0. The van der Waals surface area contributed by atoms with E-state index in [4.69, 9.17) is 4.74 Å². The predicted octanol–water partition coefficient (Wildman–Crippen LogP) is 2.16. The molecule has 0 heterocycles. The fourth-order valence-corrected chi connectivity index (χ4v) is 1.11. The summed E-state index contributed by atoms with van der Waals surface area (Å²) in [6.45, 7) is 5.26. The topological polar surface area (TPSA) is 63.6 Å². The lowest BCUT2D eigenvalue weighted by Gasteiger charge is -2.19. The lowest BCUT2D eigenvalue weighted by atomic mass is 10.1. The quantitative estimate of drug-likeness (QED) is 0.615.